The molecule has 0 spiro atoms. The summed E-state index contributed by atoms with van der Waals surface area (Å²) in [4.78, 5) is 15.4. The molecule has 2 aliphatic rings. The molecule has 0 aromatic heterocycles. The quantitative estimate of drug-likeness (QED) is 0.439. The number of carbonyl (C=O) groups excluding carboxylic acids is 1. The monoisotopic (exact) mass is 484 g/mol. The maximum Gasteiger partial charge on any atom is 0.255 e. The van der Waals surface area contributed by atoms with Crippen LogP contribution >= 0.6 is 11.8 Å². The van der Waals surface area contributed by atoms with Crippen molar-refractivity contribution in [3.8, 4) is 16.9 Å². The van der Waals surface area contributed by atoms with Gasteiger partial charge in [0.15, 0.2) is 0 Å². The van der Waals surface area contributed by atoms with Gasteiger partial charge >= 0.3 is 0 Å². The van der Waals surface area contributed by atoms with Gasteiger partial charge < -0.3 is 10.1 Å². The number of ether oxygens (including phenoxy) is 1. The zero-order chi connectivity index (χ0) is 24.2. The predicted molar refractivity (Wildman–Crippen MR) is 147 cm³/mol. The number of anilines is 1. The zero-order valence-electron chi connectivity index (χ0n) is 20.4. The highest BCUT2D eigenvalue weighted by molar-refractivity contribution is 7.99. The molecule has 2 aliphatic heterocycles. The summed E-state index contributed by atoms with van der Waals surface area (Å²) in [7, 11) is 2.22. The minimum absolute atomic E-state index is 0.124. The van der Waals surface area contributed by atoms with Gasteiger partial charge in [-0.2, -0.15) is 11.8 Å². The second-order valence-corrected chi connectivity index (χ2v) is 10.7. The number of carbonyl (C=O) groups is 1. The number of hydrogen-bond acceptors (Lipinski definition) is 4. The fraction of sp³-hybridized carbons (Fsp3) is 0.300. The summed E-state index contributed by atoms with van der Waals surface area (Å²) in [6, 6.07) is 23.5. The fourth-order valence-corrected chi connectivity index (χ4v) is 5.76. The summed E-state index contributed by atoms with van der Waals surface area (Å²) >= 11 is 2.06. The van der Waals surface area contributed by atoms with E-state index in [4.69, 9.17) is 4.74 Å². The highest BCUT2D eigenvalue weighted by Gasteiger charge is 2.20. The number of thioether (sulfide) groups is 1. The van der Waals surface area contributed by atoms with Crippen molar-refractivity contribution in [1.29, 1.82) is 0 Å². The minimum Gasteiger partial charge on any atom is -0.488 e. The molecule has 35 heavy (non-hydrogen) atoms. The van der Waals surface area contributed by atoms with Crippen LogP contribution in [0.25, 0.3) is 17.2 Å². The van der Waals surface area contributed by atoms with Crippen LogP contribution in [-0.4, -0.2) is 42.0 Å². The van der Waals surface area contributed by atoms with Gasteiger partial charge in [-0.3, -0.25) is 9.69 Å². The molecule has 0 atom stereocenters. The molecule has 180 valence electrons. The highest BCUT2D eigenvalue weighted by atomic mass is 32.2. The number of amides is 1. The van der Waals surface area contributed by atoms with E-state index in [2.05, 4.69) is 84.5 Å². The molecule has 1 N–H and O–H groups in total. The maximum absolute atomic E-state index is 13.0. The number of aryl methyl sites for hydroxylation is 1. The van der Waals surface area contributed by atoms with Crippen LogP contribution in [0.2, 0.25) is 0 Å². The molecule has 1 saturated heterocycles. The Morgan fingerprint density at radius 1 is 1.00 bits per heavy atom. The van der Waals surface area contributed by atoms with E-state index in [1.807, 2.05) is 24.3 Å². The third-order valence-corrected chi connectivity index (χ3v) is 7.91. The Hall–Kier alpha value is -3.02. The van der Waals surface area contributed by atoms with Crippen molar-refractivity contribution in [2.45, 2.75) is 32.4 Å². The van der Waals surface area contributed by atoms with Gasteiger partial charge in [-0.15, -0.1) is 0 Å². The van der Waals surface area contributed by atoms with E-state index < -0.39 is 0 Å². The lowest BCUT2D eigenvalue weighted by atomic mass is 9.99. The van der Waals surface area contributed by atoms with E-state index in [0.29, 0.717) is 11.6 Å². The Kier molecular flexibility index (Phi) is 7.26. The van der Waals surface area contributed by atoms with E-state index in [1.54, 1.807) is 0 Å². The average molecular weight is 485 g/mol. The SMILES string of the molecule is Cc1ccc(-c2ccc3c(c2)C=C(C(=O)Nc2ccc(CN(C)C4CCSCC4)cc2)CO3)cc1. The van der Waals surface area contributed by atoms with Crippen LogP contribution in [-0.2, 0) is 11.3 Å². The third-order valence-electron chi connectivity index (χ3n) is 6.86. The fourth-order valence-electron chi connectivity index (χ4n) is 4.68. The first kappa shape index (κ1) is 23.7. The van der Waals surface area contributed by atoms with Crippen LogP contribution in [0.3, 0.4) is 0 Å². The van der Waals surface area contributed by atoms with Crippen molar-refractivity contribution < 1.29 is 9.53 Å². The number of nitrogens with one attached hydrogen (secondary N) is 1. The molecule has 5 heteroatoms. The Morgan fingerprint density at radius 3 is 2.46 bits per heavy atom. The first-order valence-corrected chi connectivity index (χ1v) is 13.4. The lowest BCUT2D eigenvalue weighted by Crippen LogP contribution is -2.34. The van der Waals surface area contributed by atoms with Gasteiger partial charge in [0.1, 0.15) is 12.4 Å². The predicted octanol–water partition coefficient (Wildman–Crippen LogP) is 6.40. The van der Waals surface area contributed by atoms with Crippen molar-refractivity contribution in [2.24, 2.45) is 0 Å². The van der Waals surface area contributed by atoms with Crippen LogP contribution in [0.1, 0.15) is 29.5 Å². The Morgan fingerprint density at radius 2 is 1.71 bits per heavy atom. The lowest BCUT2D eigenvalue weighted by molar-refractivity contribution is -0.113. The van der Waals surface area contributed by atoms with Crippen molar-refractivity contribution in [2.75, 3.05) is 30.5 Å². The van der Waals surface area contributed by atoms with E-state index in [1.165, 1.54) is 35.5 Å². The number of rotatable bonds is 6. The molecule has 2 heterocycles. The third kappa shape index (κ3) is 5.80. The average Bonchev–Trinajstić information content (AvgIpc) is 2.90. The summed E-state index contributed by atoms with van der Waals surface area (Å²) in [5.74, 6) is 3.21. The maximum atomic E-state index is 13.0. The highest BCUT2D eigenvalue weighted by Crippen LogP contribution is 2.32. The molecule has 0 aliphatic carbocycles. The zero-order valence-corrected chi connectivity index (χ0v) is 21.2. The van der Waals surface area contributed by atoms with Gasteiger partial charge in [-0.25, -0.2) is 0 Å². The molecule has 0 saturated carbocycles. The van der Waals surface area contributed by atoms with Gasteiger partial charge in [0, 0.05) is 23.8 Å². The van der Waals surface area contributed by atoms with E-state index in [9.17, 15) is 4.79 Å². The summed E-state index contributed by atoms with van der Waals surface area (Å²) in [6.45, 7) is 3.29. The molecule has 4 nitrogen and oxygen atoms in total. The van der Waals surface area contributed by atoms with Crippen LogP contribution in [0.5, 0.6) is 5.75 Å². The Labute approximate surface area is 212 Å². The lowest BCUT2D eigenvalue weighted by Gasteiger charge is -2.31. The van der Waals surface area contributed by atoms with Crippen LogP contribution in [0, 0.1) is 6.92 Å². The Bertz CT molecular complexity index is 1210. The molecular weight excluding hydrogens is 452 g/mol. The second-order valence-electron chi connectivity index (χ2n) is 9.49. The molecule has 1 amide bonds. The summed E-state index contributed by atoms with van der Waals surface area (Å²) in [6.07, 6.45) is 4.47. The van der Waals surface area contributed by atoms with Crippen molar-refractivity contribution in [3.63, 3.8) is 0 Å². The molecule has 0 radical (unpaired) electrons. The first-order chi connectivity index (χ1) is 17.0. The molecule has 1 fully saturated rings. The van der Waals surface area contributed by atoms with Crippen molar-refractivity contribution in [3.05, 3.63) is 89.0 Å². The van der Waals surface area contributed by atoms with E-state index in [-0.39, 0.29) is 12.5 Å². The molecule has 0 bridgehead atoms. The van der Waals surface area contributed by atoms with Crippen molar-refractivity contribution >= 4 is 29.4 Å². The summed E-state index contributed by atoms with van der Waals surface area (Å²) < 4.78 is 5.89. The van der Waals surface area contributed by atoms with E-state index in [0.717, 1.165) is 34.7 Å². The van der Waals surface area contributed by atoms with Gasteiger partial charge in [0.2, 0.25) is 0 Å². The largest absolute Gasteiger partial charge is 0.488 e. The number of benzene rings is 3. The Balaban J connectivity index is 1.24. The van der Waals surface area contributed by atoms with Crippen LogP contribution < -0.4 is 10.1 Å². The van der Waals surface area contributed by atoms with Crippen LogP contribution in [0.15, 0.2) is 72.3 Å². The number of nitrogens with zero attached hydrogens (tertiary/aromatic N) is 1. The molecular formula is C30H32N2O2S. The summed E-state index contributed by atoms with van der Waals surface area (Å²) in [5, 5.41) is 3.04. The molecule has 5 rings (SSSR count). The molecule has 3 aromatic rings. The first-order valence-electron chi connectivity index (χ1n) is 12.3. The number of hydrogen-bond donors (Lipinski definition) is 1. The van der Waals surface area contributed by atoms with Gasteiger partial charge in [0.05, 0.1) is 5.57 Å². The van der Waals surface area contributed by atoms with Crippen LogP contribution in [0.4, 0.5) is 5.69 Å². The topological polar surface area (TPSA) is 41.6 Å². The van der Waals surface area contributed by atoms with Gasteiger partial charge in [-0.05, 0) is 85.4 Å². The number of fused-ring (bicyclic) bond motifs is 1. The minimum atomic E-state index is -0.124. The van der Waals surface area contributed by atoms with Gasteiger partial charge in [0.25, 0.3) is 5.91 Å². The van der Waals surface area contributed by atoms with Gasteiger partial charge in [-0.1, -0.05) is 48.0 Å². The molecule has 0 unspecified atom stereocenters. The molecule has 3 aromatic carbocycles. The second kappa shape index (κ2) is 10.7. The van der Waals surface area contributed by atoms with E-state index >= 15 is 0 Å². The standard InChI is InChI=1S/C30H32N2O2S/c1-21-3-7-23(8-4-21)24-9-12-29-25(17-24)18-26(20-34-29)30(33)31-27-10-5-22(6-11-27)19-32(2)28-13-15-35-16-14-28/h3-12,17-18,28H,13-16,19-20H2,1-2H3,(H,31,33). The summed E-state index contributed by atoms with van der Waals surface area (Å²) in [5.41, 5.74) is 7.11. The normalized spacial score (nSPS) is 15.8. The van der Waals surface area contributed by atoms with Crippen molar-refractivity contribution in [1.82, 2.24) is 4.90 Å². The smallest absolute Gasteiger partial charge is 0.255 e.